The summed E-state index contributed by atoms with van der Waals surface area (Å²) in [5, 5.41) is 0. The molecule has 1 fully saturated rings. The average molecular weight is 300 g/mol. The first-order valence-corrected chi connectivity index (χ1v) is 8.36. The van der Waals surface area contributed by atoms with E-state index >= 15 is 0 Å². The molecule has 6 heteroatoms. The fourth-order valence-electron chi connectivity index (χ4n) is 2.53. The van der Waals surface area contributed by atoms with Crippen LogP contribution in [0, 0.1) is 18.7 Å². The number of nitrogens with zero attached hydrogens (tertiary/aromatic N) is 1. The normalized spacial score (nSPS) is 18.4. The maximum atomic E-state index is 13.7. The van der Waals surface area contributed by atoms with Crippen molar-refractivity contribution in [2.75, 3.05) is 18.8 Å². The molecule has 0 atom stereocenters. The topological polar surface area (TPSA) is 63.4 Å². The molecule has 112 valence electrons. The molecule has 0 spiro atoms. The average Bonchev–Trinajstić information content (AvgIpc) is 2.44. The lowest BCUT2D eigenvalue weighted by atomic mass is 9.96. The molecule has 0 amide bonds. The van der Waals surface area contributed by atoms with Crippen molar-refractivity contribution in [1.82, 2.24) is 4.31 Å². The Balaban J connectivity index is 2.27. The van der Waals surface area contributed by atoms with Crippen LogP contribution in [0.3, 0.4) is 0 Å². The molecule has 0 radical (unpaired) electrons. The van der Waals surface area contributed by atoms with Crippen molar-refractivity contribution in [3.05, 3.63) is 23.5 Å². The fourth-order valence-corrected chi connectivity index (χ4v) is 4.05. The minimum atomic E-state index is -3.64. The van der Waals surface area contributed by atoms with Crippen LogP contribution in [0.15, 0.2) is 17.0 Å². The molecule has 1 aromatic rings. The van der Waals surface area contributed by atoms with Gasteiger partial charge in [0.25, 0.3) is 0 Å². The number of anilines is 1. The molecule has 0 aromatic heterocycles. The lowest BCUT2D eigenvalue weighted by molar-refractivity contribution is 0.269. The predicted molar refractivity (Wildman–Crippen MR) is 77.3 cm³/mol. The fraction of sp³-hybridized carbons (Fsp3) is 0.571. The number of sulfonamides is 1. The van der Waals surface area contributed by atoms with Crippen LogP contribution in [0.25, 0.3) is 0 Å². The first-order chi connectivity index (χ1) is 9.36. The van der Waals surface area contributed by atoms with Crippen LogP contribution in [0.4, 0.5) is 10.1 Å². The maximum Gasteiger partial charge on any atom is 0.243 e. The van der Waals surface area contributed by atoms with E-state index in [1.807, 2.05) is 0 Å². The zero-order valence-corrected chi connectivity index (χ0v) is 12.7. The van der Waals surface area contributed by atoms with Gasteiger partial charge in [-0.3, -0.25) is 0 Å². The highest BCUT2D eigenvalue weighted by Crippen LogP contribution is 2.28. The quantitative estimate of drug-likeness (QED) is 0.872. The van der Waals surface area contributed by atoms with Crippen LogP contribution in [0.2, 0.25) is 0 Å². The van der Waals surface area contributed by atoms with E-state index in [1.165, 1.54) is 17.3 Å². The van der Waals surface area contributed by atoms with Gasteiger partial charge in [-0.15, -0.1) is 0 Å². The molecule has 1 heterocycles. The van der Waals surface area contributed by atoms with Gasteiger partial charge in [-0.05, 0) is 37.8 Å². The second-order valence-corrected chi connectivity index (χ2v) is 7.31. The van der Waals surface area contributed by atoms with Gasteiger partial charge < -0.3 is 5.73 Å². The molecule has 0 aliphatic carbocycles. The Kier molecular flexibility index (Phi) is 4.34. The zero-order chi connectivity index (χ0) is 14.9. The van der Waals surface area contributed by atoms with Crippen LogP contribution in [-0.2, 0) is 10.0 Å². The van der Waals surface area contributed by atoms with Crippen molar-refractivity contribution in [2.24, 2.45) is 5.92 Å². The Morgan fingerprint density at radius 1 is 1.35 bits per heavy atom. The number of hydrogen-bond donors (Lipinski definition) is 1. The summed E-state index contributed by atoms with van der Waals surface area (Å²) in [6.07, 6.45) is 2.79. The van der Waals surface area contributed by atoms with Crippen LogP contribution in [-0.4, -0.2) is 25.8 Å². The molecular formula is C14H21FN2O2S. The summed E-state index contributed by atoms with van der Waals surface area (Å²) in [4.78, 5) is -0.0481. The van der Waals surface area contributed by atoms with Gasteiger partial charge in [0.15, 0.2) is 0 Å². The van der Waals surface area contributed by atoms with Crippen molar-refractivity contribution in [1.29, 1.82) is 0 Å². The molecule has 1 aliphatic heterocycles. The van der Waals surface area contributed by atoms with Gasteiger partial charge >= 0.3 is 0 Å². The van der Waals surface area contributed by atoms with Crippen LogP contribution in [0.1, 0.15) is 31.7 Å². The smallest absolute Gasteiger partial charge is 0.243 e. The highest BCUT2D eigenvalue weighted by atomic mass is 32.2. The molecule has 20 heavy (non-hydrogen) atoms. The summed E-state index contributed by atoms with van der Waals surface area (Å²) in [6, 6.07) is 2.41. The molecule has 0 saturated carbocycles. The van der Waals surface area contributed by atoms with Crippen molar-refractivity contribution in [3.63, 3.8) is 0 Å². The summed E-state index contributed by atoms with van der Waals surface area (Å²) in [7, 11) is -3.64. The standard InChI is InChI=1S/C14H21FN2O2S/c1-3-11-4-6-17(7-5-11)20(18,19)12-8-13(15)10(2)14(16)9-12/h8-9,11H,3-7,16H2,1-2H3. The van der Waals surface area contributed by atoms with Gasteiger partial charge in [0.2, 0.25) is 10.0 Å². The lowest BCUT2D eigenvalue weighted by Gasteiger charge is -2.30. The summed E-state index contributed by atoms with van der Waals surface area (Å²) in [5.74, 6) is 0.00768. The molecule has 2 rings (SSSR count). The lowest BCUT2D eigenvalue weighted by Crippen LogP contribution is -2.38. The molecule has 0 bridgehead atoms. The zero-order valence-electron chi connectivity index (χ0n) is 11.9. The van der Waals surface area contributed by atoms with Gasteiger partial charge in [-0.25, -0.2) is 12.8 Å². The van der Waals surface area contributed by atoms with Crippen molar-refractivity contribution >= 4 is 15.7 Å². The number of rotatable bonds is 3. The summed E-state index contributed by atoms with van der Waals surface area (Å²) < 4.78 is 40.1. The van der Waals surface area contributed by atoms with Gasteiger partial charge in [-0.2, -0.15) is 4.31 Å². The summed E-state index contributed by atoms with van der Waals surface area (Å²) in [5.41, 5.74) is 6.13. The van der Waals surface area contributed by atoms with Gasteiger partial charge in [0, 0.05) is 24.3 Å². The van der Waals surface area contributed by atoms with Gasteiger partial charge in [-0.1, -0.05) is 13.3 Å². The second-order valence-electron chi connectivity index (χ2n) is 5.38. The van der Waals surface area contributed by atoms with Gasteiger partial charge in [0.1, 0.15) is 5.82 Å². The maximum absolute atomic E-state index is 13.7. The minimum absolute atomic E-state index is 0.0481. The molecule has 2 N–H and O–H groups in total. The summed E-state index contributed by atoms with van der Waals surface area (Å²) in [6.45, 7) is 4.64. The molecule has 4 nitrogen and oxygen atoms in total. The van der Waals surface area contributed by atoms with Crippen molar-refractivity contribution in [3.8, 4) is 0 Å². The third kappa shape index (κ3) is 2.81. The van der Waals surface area contributed by atoms with Crippen molar-refractivity contribution < 1.29 is 12.8 Å². The van der Waals surface area contributed by atoms with E-state index < -0.39 is 15.8 Å². The van der Waals surface area contributed by atoms with E-state index in [0.717, 1.165) is 25.3 Å². The van der Waals surface area contributed by atoms with Crippen molar-refractivity contribution in [2.45, 2.75) is 38.0 Å². The number of hydrogen-bond acceptors (Lipinski definition) is 3. The third-order valence-corrected chi connectivity index (χ3v) is 6.02. The van der Waals surface area contributed by atoms with E-state index in [2.05, 4.69) is 6.92 Å². The predicted octanol–water partition coefficient (Wildman–Crippen LogP) is 2.53. The Hall–Kier alpha value is -1.14. The Labute approximate surface area is 119 Å². The Bertz CT molecular complexity index is 570. The second kappa shape index (κ2) is 5.69. The molecule has 1 aromatic carbocycles. The van der Waals surface area contributed by atoms with E-state index in [1.54, 1.807) is 0 Å². The molecule has 1 aliphatic rings. The number of benzene rings is 1. The Morgan fingerprint density at radius 3 is 2.45 bits per heavy atom. The van der Waals surface area contributed by atoms with Crippen LogP contribution in [0.5, 0.6) is 0 Å². The number of piperidine rings is 1. The molecule has 0 unspecified atom stereocenters. The first kappa shape index (κ1) is 15.3. The largest absolute Gasteiger partial charge is 0.398 e. The van der Waals surface area contributed by atoms with E-state index in [-0.39, 0.29) is 16.1 Å². The highest BCUT2D eigenvalue weighted by Gasteiger charge is 2.29. The minimum Gasteiger partial charge on any atom is -0.398 e. The molecular weight excluding hydrogens is 279 g/mol. The van der Waals surface area contributed by atoms with Gasteiger partial charge in [0.05, 0.1) is 4.90 Å². The number of halogens is 1. The van der Waals surface area contributed by atoms with Crippen LogP contribution >= 0.6 is 0 Å². The van der Waals surface area contributed by atoms with E-state index in [4.69, 9.17) is 5.73 Å². The third-order valence-electron chi connectivity index (χ3n) is 4.15. The SMILES string of the molecule is CCC1CCN(S(=O)(=O)c2cc(N)c(C)c(F)c2)CC1. The monoisotopic (exact) mass is 300 g/mol. The number of nitrogen functional groups attached to an aromatic ring is 1. The number of nitrogens with two attached hydrogens (primary N) is 1. The molecule has 1 saturated heterocycles. The Morgan fingerprint density at radius 2 is 1.95 bits per heavy atom. The van der Waals surface area contributed by atoms with Crippen LogP contribution < -0.4 is 5.73 Å². The van der Waals surface area contributed by atoms with E-state index in [9.17, 15) is 12.8 Å². The first-order valence-electron chi connectivity index (χ1n) is 6.92. The highest BCUT2D eigenvalue weighted by molar-refractivity contribution is 7.89. The van der Waals surface area contributed by atoms with E-state index in [0.29, 0.717) is 19.0 Å². The summed E-state index contributed by atoms with van der Waals surface area (Å²) >= 11 is 0.